The molecule has 2 aromatic carbocycles. The number of hydrogen-bond donors (Lipinski definition) is 1. The summed E-state index contributed by atoms with van der Waals surface area (Å²) >= 11 is 0. The Kier molecular flexibility index (Phi) is 4.70. The fraction of sp³-hybridized carbons (Fsp3) is 0.263. The van der Waals surface area contributed by atoms with Crippen LogP contribution in [0.1, 0.15) is 36.1 Å². The van der Waals surface area contributed by atoms with Crippen molar-refractivity contribution < 1.29 is 13.9 Å². The molecule has 25 heavy (non-hydrogen) atoms. The number of amides is 1. The smallest absolute Gasteiger partial charge is 0.251 e. The Labute approximate surface area is 145 Å². The topological polar surface area (TPSA) is 56.2 Å². The molecule has 1 aromatic heterocycles. The van der Waals surface area contributed by atoms with E-state index in [0.717, 1.165) is 23.4 Å². The van der Waals surface area contributed by atoms with Gasteiger partial charge >= 0.3 is 0 Å². The molecular weight excluding hydrogens is 321 g/mol. The average Bonchev–Trinajstić information content (AvgIpc) is 3.00. The summed E-state index contributed by atoms with van der Waals surface area (Å²) in [7, 11) is 1.38. The van der Waals surface area contributed by atoms with E-state index < -0.39 is 5.82 Å². The minimum absolute atomic E-state index is 0.109. The summed E-state index contributed by atoms with van der Waals surface area (Å²) in [5.41, 5.74) is 2.15. The van der Waals surface area contributed by atoms with Crippen LogP contribution in [-0.4, -0.2) is 22.6 Å². The van der Waals surface area contributed by atoms with E-state index in [2.05, 4.69) is 14.9 Å². The highest BCUT2D eigenvalue weighted by atomic mass is 19.1. The number of nitrogens with zero attached hydrogens (tertiary/aromatic N) is 2. The molecule has 1 amide bonds. The molecule has 0 saturated carbocycles. The summed E-state index contributed by atoms with van der Waals surface area (Å²) in [5.74, 6) is -0.0456. The van der Waals surface area contributed by atoms with Crippen molar-refractivity contribution in [3.05, 3.63) is 59.7 Å². The van der Waals surface area contributed by atoms with Gasteiger partial charge in [-0.3, -0.25) is 4.79 Å². The van der Waals surface area contributed by atoms with Gasteiger partial charge in [-0.15, -0.1) is 0 Å². The largest absolute Gasteiger partial charge is 0.494 e. The number of carbonyl (C=O) groups excluding carboxylic acids is 1. The van der Waals surface area contributed by atoms with Crippen molar-refractivity contribution in [3.8, 4) is 5.75 Å². The van der Waals surface area contributed by atoms with Crippen LogP contribution in [0, 0.1) is 5.82 Å². The molecule has 0 saturated heterocycles. The van der Waals surface area contributed by atoms with Gasteiger partial charge in [0.25, 0.3) is 5.91 Å². The summed E-state index contributed by atoms with van der Waals surface area (Å²) in [5, 5.41) is 2.88. The normalized spacial score (nSPS) is 12.2. The van der Waals surface area contributed by atoms with Crippen LogP contribution in [0.5, 0.6) is 5.75 Å². The number of benzene rings is 2. The van der Waals surface area contributed by atoms with Crippen LogP contribution in [0.15, 0.2) is 42.5 Å². The molecule has 1 N–H and O–H groups in total. The minimum Gasteiger partial charge on any atom is -0.494 e. The number of methoxy groups -OCH3 is 1. The van der Waals surface area contributed by atoms with Crippen molar-refractivity contribution >= 4 is 16.9 Å². The Morgan fingerprint density at radius 2 is 2.08 bits per heavy atom. The lowest BCUT2D eigenvalue weighted by atomic mass is 10.2. The van der Waals surface area contributed by atoms with Crippen LogP contribution in [0.2, 0.25) is 0 Å². The van der Waals surface area contributed by atoms with Crippen molar-refractivity contribution in [1.29, 1.82) is 0 Å². The molecular formula is C19H20FN3O2. The van der Waals surface area contributed by atoms with Gasteiger partial charge in [-0.05, 0) is 44.2 Å². The Morgan fingerprint density at radius 1 is 1.32 bits per heavy atom. The zero-order valence-corrected chi connectivity index (χ0v) is 14.4. The van der Waals surface area contributed by atoms with Gasteiger partial charge in [0.1, 0.15) is 5.82 Å². The number of rotatable bonds is 5. The first kappa shape index (κ1) is 17.0. The van der Waals surface area contributed by atoms with Gasteiger partial charge in [-0.1, -0.05) is 12.1 Å². The second-order valence-corrected chi connectivity index (χ2v) is 5.75. The highest BCUT2D eigenvalue weighted by Gasteiger charge is 2.19. The molecule has 0 aliphatic heterocycles. The number of aryl methyl sites for hydroxylation is 1. The van der Waals surface area contributed by atoms with Crippen LogP contribution in [0.25, 0.3) is 11.0 Å². The second-order valence-electron chi connectivity index (χ2n) is 5.75. The van der Waals surface area contributed by atoms with Gasteiger partial charge in [0.2, 0.25) is 0 Å². The number of nitrogens with one attached hydrogen (secondary N) is 1. The van der Waals surface area contributed by atoms with Crippen LogP contribution >= 0.6 is 0 Å². The SMILES string of the molecule is CCn1c(C(C)NC(=O)c2ccc(OC)c(F)c2)nc2ccccc21. The van der Waals surface area contributed by atoms with Gasteiger partial charge in [0.05, 0.1) is 24.2 Å². The van der Waals surface area contributed by atoms with E-state index in [1.807, 2.05) is 38.1 Å². The zero-order valence-electron chi connectivity index (χ0n) is 14.4. The fourth-order valence-electron chi connectivity index (χ4n) is 2.91. The third kappa shape index (κ3) is 3.20. The summed E-state index contributed by atoms with van der Waals surface area (Å²) in [6.07, 6.45) is 0. The molecule has 3 rings (SSSR count). The van der Waals surface area contributed by atoms with Crippen LogP contribution in [0.4, 0.5) is 4.39 Å². The maximum atomic E-state index is 13.8. The predicted molar refractivity (Wildman–Crippen MR) is 94.2 cm³/mol. The Morgan fingerprint density at radius 3 is 2.76 bits per heavy atom. The van der Waals surface area contributed by atoms with Crippen molar-refractivity contribution in [2.45, 2.75) is 26.4 Å². The second kappa shape index (κ2) is 6.93. The molecule has 6 heteroatoms. The van der Waals surface area contributed by atoms with Crippen molar-refractivity contribution in [1.82, 2.24) is 14.9 Å². The molecule has 0 spiro atoms. The number of ether oxygens (including phenoxy) is 1. The Bertz CT molecular complexity index is 920. The lowest BCUT2D eigenvalue weighted by Crippen LogP contribution is -2.28. The van der Waals surface area contributed by atoms with E-state index in [9.17, 15) is 9.18 Å². The van der Waals surface area contributed by atoms with Gasteiger partial charge < -0.3 is 14.6 Å². The quantitative estimate of drug-likeness (QED) is 0.770. The molecule has 0 aliphatic carbocycles. The maximum absolute atomic E-state index is 13.8. The van der Waals surface area contributed by atoms with E-state index in [4.69, 9.17) is 4.74 Å². The predicted octanol–water partition coefficient (Wildman–Crippen LogP) is 3.69. The minimum atomic E-state index is -0.566. The number of imidazole rings is 1. The summed E-state index contributed by atoms with van der Waals surface area (Å²) in [6, 6.07) is 11.7. The van der Waals surface area contributed by atoms with E-state index in [-0.39, 0.29) is 23.3 Å². The fourth-order valence-corrected chi connectivity index (χ4v) is 2.91. The highest BCUT2D eigenvalue weighted by Crippen LogP contribution is 2.22. The van der Waals surface area contributed by atoms with Gasteiger partial charge in [0.15, 0.2) is 11.6 Å². The third-order valence-electron chi connectivity index (χ3n) is 4.15. The average molecular weight is 341 g/mol. The van der Waals surface area contributed by atoms with E-state index in [0.29, 0.717) is 0 Å². The molecule has 130 valence electrons. The first-order chi connectivity index (χ1) is 12.0. The number of halogens is 1. The Hall–Kier alpha value is -2.89. The molecule has 1 unspecified atom stereocenters. The number of carbonyl (C=O) groups is 1. The zero-order chi connectivity index (χ0) is 18.0. The van der Waals surface area contributed by atoms with Crippen LogP contribution < -0.4 is 10.1 Å². The molecule has 1 atom stereocenters. The standard InChI is InChI=1S/C19H20FN3O2/c1-4-23-16-8-6-5-7-15(16)22-18(23)12(2)21-19(24)13-9-10-17(25-3)14(20)11-13/h5-12H,4H2,1-3H3,(H,21,24). The Balaban J connectivity index is 1.85. The maximum Gasteiger partial charge on any atom is 0.251 e. The third-order valence-corrected chi connectivity index (χ3v) is 4.15. The number of hydrogen-bond acceptors (Lipinski definition) is 3. The molecule has 0 fully saturated rings. The first-order valence-corrected chi connectivity index (χ1v) is 8.14. The van der Waals surface area contributed by atoms with E-state index >= 15 is 0 Å². The molecule has 3 aromatic rings. The molecule has 0 bridgehead atoms. The van der Waals surface area contributed by atoms with Crippen LogP contribution in [0.3, 0.4) is 0 Å². The lowest BCUT2D eigenvalue weighted by molar-refractivity contribution is 0.0937. The molecule has 1 heterocycles. The number of para-hydroxylation sites is 2. The summed E-state index contributed by atoms with van der Waals surface area (Å²) in [6.45, 7) is 4.64. The summed E-state index contributed by atoms with van der Waals surface area (Å²) in [4.78, 5) is 17.1. The lowest BCUT2D eigenvalue weighted by Gasteiger charge is -2.15. The first-order valence-electron chi connectivity index (χ1n) is 8.14. The van der Waals surface area contributed by atoms with Crippen molar-refractivity contribution in [2.24, 2.45) is 0 Å². The van der Waals surface area contributed by atoms with Gasteiger partial charge in [0, 0.05) is 12.1 Å². The van der Waals surface area contributed by atoms with Gasteiger partial charge in [-0.2, -0.15) is 0 Å². The van der Waals surface area contributed by atoms with Gasteiger partial charge in [-0.25, -0.2) is 9.37 Å². The van der Waals surface area contributed by atoms with E-state index in [1.54, 1.807) is 0 Å². The summed E-state index contributed by atoms with van der Waals surface area (Å²) < 4.78 is 20.7. The monoisotopic (exact) mass is 341 g/mol. The number of aromatic nitrogens is 2. The van der Waals surface area contributed by atoms with Crippen molar-refractivity contribution in [2.75, 3.05) is 7.11 Å². The molecule has 0 aliphatic rings. The molecule has 0 radical (unpaired) electrons. The van der Waals surface area contributed by atoms with Crippen molar-refractivity contribution in [3.63, 3.8) is 0 Å². The number of fused-ring (bicyclic) bond motifs is 1. The molecule has 5 nitrogen and oxygen atoms in total. The highest BCUT2D eigenvalue weighted by molar-refractivity contribution is 5.94. The van der Waals surface area contributed by atoms with E-state index in [1.165, 1.54) is 25.3 Å². The van der Waals surface area contributed by atoms with Crippen LogP contribution in [-0.2, 0) is 6.54 Å².